The molecule has 2 aromatic rings. The maximum Gasteiger partial charge on any atom is 0.178 e. The summed E-state index contributed by atoms with van der Waals surface area (Å²) in [6.07, 6.45) is 0.829. The minimum Gasteiger partial charge on any atom is -0.508 e. The van der Waals surface area contributed by atoms with E-state index < -0.39 is 9.84 Å². The van der Waals surface area contributed by atoms with Gasteiger partial charge >= 0.3 is 0 Å². The van der Waals surface area contributed by atoms with Crippen molar-refractivity contribution in [3.8, 4) is 5.75 Å². The Morgan fingerprint density at radius 3 is 2.19 bits per heavy atom. The lowest BCUT2D eigenvalue weighted by Crippen LogP contribution is -2.06. The maximum absolute atomic E-state index is 11.7. The van der Waals surface area contributed by atoms with Crippen LogP contribution in [0.4, 0.5) is 5.69 Å². The van der Waals surface area contributed by atoms with Gasteiger partial charge < -0.3 is 10.4 Å². The molecule has 0 amide bonds. The molecule has 4 nitrogen and oxygen atoms in total. The highest BCUT2D eigenvalue weighted by Gasteiger charge is 2.10. The van der Waals surface area contributed by atoms with E-state index in [1.54, 1.807) is 43.3 Å². The molecular formula is C16H19NO3S. The van der Waals surface area contributed by atoms with Crippen LogP contribution in [0.5, 0.6) is 5.75 Å². The Morgan fingerprint density at radius 1 is 1.00 bits per heavy atom. The van der Waals surface area contributed by atoms with Crippen LogP contribution in [0.25, 0.3) is 0 Å². The molecule has 2 aromatic carbocycles. The van der Waals surface area contributed by atoms with Crippen LogP contribution in [-0.4, -0.2) is 25.8 Å². The molecule has 0 saturated heterocycles. The van der Waals surface area contributed by atoms with Crippen LogP contribution in [0.1, 0.15) is 12.5 Å². The third kappa shape index (κ3) is 4.23. The van der Waals surface area contributed by atoms with Crippen molar-refractivity contribution >= 4 is 15.5 Å². The first kappa shape index (κ1) is 15.4. The van der Waals surface area contributed by atoms with Crippen molar-refractivity contribution in [2.75, 3.05) is 17.6 Å². The summed E-state index contributed by atoms with van der Waals surface area (Å²) >= 11 is 0. The Morgan fingerprint density at radius 2 is 1.62 bits per heavy atom. The van der Waals surface area contributed by atoms with E-state index in [2.05, 4.69) is 5.32 Å². The van der Waals surface area contributed by atoms with E-state index in [0.29, 0.717) is 4.90 Å². The first-order valence-corrected chi connectivity index (χ1v) is 8.51. The first-order chi connectivity index (χ1) is 10.0. The number of benzene rings is 2. The molecule has 0 bridgehead atoms. The summed E-state index contributed by atoms with van der Waals surface area (Å²) in [6.45, 7) is 2.38. The highest BCUT2D eigenvalue weighted by atomic mass is 32.2. The standard InChI is InChI=1S/C16H19NO3S/c1-2-21(19,20)16-9-5-14(6-10-16)17-12-11-13-3-7-15(18)8-4-13/h3-10,17-18H,2,11-12H2,1H3. The normalized spacial score (nSPS) is 11.3. The van der Waals surface area contributed by atoms with Gasteiger partial charge in [-0.05, 0) is 48.4 Å². The predicted octanol–water partition coefficient (Wildman–Crippen LogP) is 2.84. The second-order valence-corrected chi connectivity index (χ2v) is 7.05. The van der Waals surface area contributed by atoms with Crippen LogP contribution >= 0.6 is 0 Å². The molecule has 112 valence electrons. The summed E-state index contributed by atoms with van der Waals surface area (Å²) in [5, 5.41) is 12.5. The van der Waals surface area contributed by atoms with Crippen LogP contribution in [0.3, 0.4) is 0 Å². The predicted molar refractivity (Wildman–Crippen MR) is 84.5 cm³/mol. The average Bonchev–Trinajstić information content (AvgIpc) is 2.50. The van der Waals surface area contributed by atoms with Crippen molar-refractivity contribution in [3.05, 3.63) is 54.1 Å². The summed E-state index contributed by atoms with van der Waals surface area (Å²) in [7, 11) is -3.13. The van der Waals surface area contributed by atoms with Gasteiger partial charge in [0.25, 0.3) is 0 Å². The lowest BCUT2D eigenvalue weighted by atomic mass is 10.1. The highest BCUT2D eigenvalue weighted by Crippen LogP contribution is 2.15. The van der Waals surface area contributed by atoms with Gasteiger partial charge in [0.15, 0.2) is 9.84 Å². The Labute approximate surface area is 125 Å². The molecule has 21 heavy (non-hydrogen) atoms. The van der Waals surface area contributed by atoms with E-state index in [-0.39, 0.29) is 11.5 Å². The molecule has 0 radical (unpaired) electrons. The van der Waals surface area contributed by atoms with E-state index in [9.17, 15) is 13.5 Å². The molecule has 0 fully saturated rings. The summed E-state index contributed by atoms with van der Waals surface area (Å²) in [6, 6.07) is 13.9. The maximum atomic E-state index is 11.7. The Bertz CT molecular complexity index is 676. The van der Waals surface area contributed by atoms with E-state index in [4.69, 9.17) is 0 Å². The van der Waals surface area contributed by atoms with Gasteiger partial charge in [-0.25, -0.2) is 8.42 Å². The average molecular weight is 305 g/mol. The number of phenolic OH excluding ortho intramolecular Hbond substituents is 1. The van der Waals surface area contributed by atoms with E-state index >= 15 is 0 Å². The van der Waals surface area contributed by atoms with Crippen LogP contribution in [0.2, 0.25) is 0 Å². The number of hydrogen-bond donors (Lipinski definition) is 2. The largest absolute Gasteiger partial charge is 0.508 e. The molecule has 0 spiro atoms. The Kier molecular flexibility index (Phi) is 4.85. The third-order valence-electron chi connectivity index (χ3n) is 3.27. The molecule has 5 heteroatoms. The fourth-order valence-corrected chi connectivity index (χ4v) is 2.84. The smallest absolute Gasteiger partial charge is 0.178 e. The van der Waals surface area contributed by atoms with Gasteiger partial charge in [0, 0.05) is 12.2 Å². The molecule has 0 unspecified atom stereocenters. The molecule has 2 N–H and O–H groups in total. The number of rotatable bonds is 6. The lowest BCUT2D eigenvalue weighted by molar-refractivity contribution is 0.475. The zero-order chi connectivity index (χ0) is 15.3. The summed E-state index contributed by atoms with van der Waals surface area (Å²) < 4.78 is 23.4. The SMILES string of the molecule is CCS(=O)(=O)c1ccc(NCCc2ccc(O)cc2)cc1. The highest BCUT2D eigenvalue weighted by molar-refractivity contribution is 7.91. The van der Waals surface area contributed by atoms with Crippen molar-refractivity contribution < 1.29 is 13.5 Å². The third-order valence-corrected chi connectivity index (χ3v) is 5.02. The van der Waals surface area contributed by atoms with Crippen LogP contribution in [0.15, 0.2) is 53.4 Å². The van der Waals surface area contributed by atoms with Crippen molar-refractivity contribution in [3.63, 3.8) is 0 Å². The van der Waals surface area contributed by atoms with Gasteiger partial charge in [-0.15, -0.1) is 0 Å². The number of sulfone groups is 1. The van der Waals surface area contributed by atoms with Crippen molar-refractivity contribution in [1.29, 1.82) is 0 Å². The van der Waals surface area contributed by atoms with Crippen molar-refractivity contribution in [2.24, 2.45) is 0 Å². The molecule has 0 atom stereocenters. The number of aromatic hydroxyl groups is 1. The minimum absolute atomic E-state index is 0.112. The van der Waals surface area contributed by atoms with Gasteiger partial charge in [0.05, 0.1) is 10.6 Å². The molecule has 0 aliphatic rings. The molecule has 0 heterocycles. The van der Waals surface area contributed by atoms with Crippen molar-refractivity contribution in [1.82, 2.24) is 0 Å². The van der Waals surface area contributed by atoms with Crippen LogP contribution < -0.4 is 5.32 Å². The lowest BCUT2D eigenvalue weighted by Gasteiger charge is -2.08. The zero-order valence-corrected chi connectivity index (χ0v) is 12.7. The second kappa shape index (κ2) is 6.63. The number of hydrogen-bond acceptors (Lipinski definition) is 4. The molecule has 0 aliphatic heterocycles. The topological polar surface area (TPSA) is 66.4 Å². The molecule has 0 aliphatic carbocycles. The zero-order valence-electron chi connectivity index (χ0n) is 11.9. The number of phenols is 1. The summed E-state index contributed by atoms with van der Waals surface area (Å²) in [5.74, 6) is 0.375. The fourth-order valence-electron chi connectivity index (χ4n) is 1.96. The van der Waals surface area contributed by atoms with Gasteiger partial charge in [-0.2, -0.15) is 0 Å². The Balaban J connectivity index is 1.91. The number of nitrogens with one attached hydrogen (secondary N) is 1. The van der Waals surface area contributed by atoms with Gasteiger partial charge in [0.1, 0.15) is 5.75 Å². The Hall–Kier alpha value is -2.01. The van der Waals surface area contributed by atoms with E-state index in [0.717, 1.165) is 24.2 Å². The molecule has 0 saturated carbocycles. The summed E-state index contributed by atoms with van der Waals surface area (Å²) in [5.41, 5.74) is 2.02. The molecule has 0 aromatic heterocycles. The second-order valence-electron chi connectivity index (χ2n) is 4.77. The quantitative estimate of drug-likeness (QED) is 0.861. The van der Waals surface area contributed by atoms with E-state index in [1.807, 2.05) is 12.1 Å². The van der Waals surface area contributed by atoms with Gasteiger partial charge in [-0.1, -0.05) is 19.1 Å². The van der Waals surface area contributed by atoms with Crippen molar-refractivity contribution in [2.45, 2.75) is 18.2 Å². The first-order valence-electron chi connectivity index (χ1n) is 6.86. The fraction of sp³-hybridized carbons (Fsp3) is 0.250. The molecular weight excluding hydrogens is 286 g/mol. The van der Waals surface area contributed by atoms with Gasteiger partial charge in [0.2, 0.25) is 0 Å². The van der Waals surface area contributed by atoms with Crippen LogP contribution in [0, 0.1) is 0 Å². The molecule has 2 rings (SSSR count). The van der Waals surface area contributed by atoms with E-state index in [1.165, 1.54) is 0 Å². The van der Waals surface area contributed by atoms with Crippen LogP contribution in [-0.2, 0) is 16.3 Å². The van der Waals surface area contributed by atoms with Gasteiger partial charge in [-0.3, -0.25) is 0 Å². The number of anilines is 1. The minimum atomic E-state index is -3.13. The summed E-state index contributed by atoms with van der Waals surface area (Å²) in [4.78, 5) is 0.356. The monoisotopic (exact) mass is 305 g/mol.